The lowest BCUT2D eigenvalue weighted by molar-refractivity contribution is -0.608. The Morgan fingerprint density at radius 2 is 1.62 bits per heavy atom. The minimum atomic E-state index is -4.82. The molecule has 11 heteroatoms. The van der Waals surface area contributed by atoms with Crippen LogP contribution in [0.4, 0.5) is 22.0 Å². The van der Waals surface area contributed by atoms with Gasteiger partial charge in [-0.1, -0.05) is 0 Å². The first-order chi connectivity index (χ1) is 11.7. The Labute approximate surface area is 143 Å². The Hall–Kier alpha value is -2.72. The summed E-state index contributed by atoms with van der Waals surface area (Å²) in [5.41, 5.74) is -5.74. The van der Waals surface area contributed by atoms with E-state index in [9.17, 15) is 36.7 Å². The SMILES string of the molecule is Cc1cc(C(F)(F)F)c(C)[n+]([O-])c1-n1c(=O)cc(C(C)(F)F)n(C)c1=O. The summed E-state index contributed by atoms with van der Waals surface area (Å²) >= 11 is 0. The minimum Gasteiger partial charge on any atom is -0.710 e. The highest BCUT2D eigenvalue weighted by molar-refractivity contribution is 5.35. The minimum absolute atomic E-state index is 0.204. The fourth-order valence-corrected chi connectivity index (χ4v) is 2.61. The van der Waals surface area contributed by atoms with Crippen LogP contribution in [0, 0.1) is 19.1 Å². The molecule has 2 rings (SSSR count). The van der Waals surface area contributed by atoms with Gasteiger partial charge < -0.3 is 5.21 Å². The molecular weight excluding hydrogens is 365 g/mol. The van der Waals surface area contributed by atoms with Crippen molar-refractivity contribution < 1.29 is 26.7 Å². The zero-order chi connectivity index (χ0) is 20.2. The van der Waals surface area contributed by atoms with Gasteiger partial charge in [-0.25, -0.2) is 23.1 Å². The first-order valence-electron chi connectivity index (χ1n) is 7.20. The largest absolute Gasteiger partial charge is 0.710 e. The molecule has 6 nitrogen and oxygen atoms in total. The number of hydrogen-bond acceptors (Lipinski definition) is 3. The molecule has 0 unspecified atom stereocenters. The summed E-state index contributed by atoms with van der Waals surface area (Å²) in [6.07, 6.45) is -4.82. The van der Waals surface area contributed by atoms with Crippen LogP contribution in [-0.4, -0.2) is 9.13 Å². The zero-order valence-electron chi connectivity index (χ0n) is 14.1. The van der Waals surface area contributed by atoms with Crippen molar-refractivity contribution in [2.24, 2.45) is 7.05 Å². The lowest BCUT2D eigenvalue weighted by Gasteiger charge is -2.19. The third kappa shape index (κ3) is 3.08. The lowest BCUT2D eigenvalue weighted by Crippen LogP contribution is -2.48. The van der Waals surface area contributed by atoms with E-state index in [4.69, 9.17) is 0 Å². The van der Waals surface area contributed by atoms with Crippen molar-refractivity contribution in [3.8, 4) is 5.82 Å². The molecule has 2 aromatic heterocycles. The highest BCUT2D eigenvalue weighted by Crippen LogP contribution is 2.32. The molecule has 0 amide bonds. The van der Waals surface area contributed by atoms with Gasteiger partial charge in [-0.3, -0.25) is 4.57 Å². The van der Waals surface area contributed by atoms with E-state index < -0.39 is 46.1 Å². The maximum Gasteiger partial charge on any atom is 0.423 e. The third-order valence-corrected chi connectivity index (χ3v) is 3.89. The summed E-state index contributed by atoms with van der Waals surface area (Å²) < 4.78 is 66.5. The van der Waals surface area contributed by atoms with Gasteiger partial charge in [0.1, 0.15) is 11.4 Å². The summed E-state index contributed by atoms with van der Waals surface area (Å²) in [5.74, 6) is -4.18. The second-order valence-corrected chi connectivity index (χ2v) is 5.88. The molecule has 0 N–H and O–H groups in total. The molecular formula is C15H14F5N3O3. The molecule has 0 bridgehead atoms. The standard InChI is InChI=1S/C15H14F5N3O3/c1-7-5-9(15(18,19)20)8(2)23(26)12(7)22-11(24)6-10(14(3,16)17)21(4)13(22)25/h5-6H,1-4H3. The van der Waals surface area contributed by atoms with E-state index in [-0.39, 0.29) is 14.9 Å². The van der Waals surface area contributed by atoms with Crippen LogP contribution in [0.15, 0.2) is 21.7 Å². The molecule has 2 aromatic rings. The summed E-state index contributed by atoms with van der Waals surface area (Å²) in [4.78, 5) is 24.6. The van der Waals surface area contributed by atoms with E-state index in [1.807, 2.05) is 0 Å². The van der Waals surface area contributed by atoms with E-state index in [0.29, 0.717) is 23.6 Å². The monoisotopic (exact) mass is 379 g/mol. The Bertz CT molecular complexity index is 1000. The van der Waals surface area contributed by atoms with Crippen LogP contribution in [0.5, 0.6) is 0 Å². The number of hydrogen-bond donors (Lipinski definition) is 0. The number of nitrogens with zero attached hydrogens (tertiary/aromatic N) is 3. The summed E-state index contributed by atoms with van der Waals surface area (Å²) in [7, 11) is 0.965. The summed E-state index contributed by atoms with van der Waals surface area (Å²) in [6.45, 7) is 2.46. The molecule has 142 valence electrons. The van der Waals surface area contributed by atoms with Crippen molar-refractivity contribution in [3.05, 3.63) is 60.7 Å². The molecule has 0 aliphatic carbocycles. The van der Waals surface area contributed by atoms with Gasteiger partial charge in [-0.05, 0) is 19.9 Å². The second-order valence-electron chi connectivity index (χ2n) is 5.88. The van der Waals surface area contributed by atoms with Crippen molar-refractivity contribution in [2.45, 2.75) is 32.9 Å². The van der Waals surface area contributed by atoms with Crippen LogP contribution >= 0.6 is 0 Å². The molecule has 0 aliphatic heterocycles. The molecule has 26 heavy (non-hydrogen) atoms. The molecule has 0 atom stereocenters. The number of aryl methyl sites for hydroxylation is 1. The summed E-state index contributed by atoms with van der Waals surface area (Å²) in [5, 5.41) is 12.3. The molecule has 0 fully saturated rings. The molecule has 2 heterocycles. The van der Waals surface area contributed by atoms with Crippen molar-refractivity contribution in [2.75, 3.05) is 0 Å². The van der Waals surface area contributed by atoms with Gasteiger partial charge in [-0.15, -0.1) is 4.57 Å². The van der Waals surface area contributed by atoms with Crippen LogP contribution < -0.4 is 16.0 Å². The van der Waals surface area contributed by atoms with Gasteiger partial charge in [0, 0.05) is 19.5 Å². The lowest BCUT2D eigenvalue weighted by atomic mass is 10.1. The Balaban J connectivity index is 2.92. The van der Waals surface area contributed by atoms with Crippen molar-refractivity contribution in [1.82, 2.24) is 9.13 Å². The Morgan fingerprint density at radius 3 is 2.08 bits per heavy atom. The average molecular weight is 379 g/mol. The number of alkyl halides is 5. The molecule has 0 aliphatic rings. The predicted octanol–water partition coefficient (Wildman–Crippen LogP) is 1.92. The number of halogens is 5. The zero-order valence-corrected chi connectivity index (χ0v) is 14.1. The van der Waals surface area contributed by atoms with Crippen LogP contribution in [0.1, 0.15) is 29.4 Å². The fraction of sp³-hybridized carbons (Fsp3) is 0.400. The van der Waals surface area contributed by atoms with Crippen LogP contribution in [0.2, 0.25) is 0 Å². The van der Waals surface area contributed by atoms with E-state index in [2.05, 4.69) is 0 Å². The molecule has 0 radical (unpaired) electrons. The maximum absolute atomic E-state index is 13.5. The van der Waals surface area contributed by atoms with Gasteiger partial charge in [-0.2, -0.15) is 13.2 Å². The van der Waals surface area contributed by atoms with Crippen LogP contribution in [-0.2, 0) is 19.1 Å². The highest BCUT2D eigenvalue weighted by Gasteiger charge is 2.37. The third-order valence-electron chi connectivity index (χ3n) is 3.89. The van der Waals surface area contributed by atoms with Crippen LogP contribution in [0.25, 0.3) is 5.82 Å². The summed E-state index contributed by atoms with van der Waals surface area (Å²) in [6, 6.07) is 1.08. The van der Waals surface area contributed by atoms with Crippen LogP contribution in [0.3, 0.4) is 0 Å². The van der Waals surface area contributed by atoms with Gasteiger partial charge in [0.25, 0.3) is 11.7 Å². The van der Waals surface area contributed by atoms with Gasteiger partial charge in [0.2, 0.25) is 0 Å². The first-order valence-corrected chi connectivity index (χ1v) is 7.20. The Morgan fingerprint density at radius 1 is 1.08 bits per heavy atom. The number of rotatable bonds is 2. The first kappa shape index (κ1) is 19.6. The number of pyridine rings is 1. The van der Waals surface area contributed by atoms with Gasteiger partial charge in [0.05, 0.1) is 11.6 Å². The van der Waals surface area contributed by atoms with E-state index in [0.717, 1.165) is 20.9 Å². The molecule has 0 saturated carbocycles. The van der Waals surface area contributed by atoms with E-state index in [1.165, 1.54) is 0 Å². The molecule has 0 aromatic carbocycles. The van der Waals surface area contributed by atoms with Crippen molar-refractivity contribution in [3.63, 3.8) is 0 Å². The normalized spacial score (nSPS) is 12.5. The maximum atomic E-state index is 13.5. The van der Waals surface area contributed by atoms with Gasteiger partial charge >= 0.3 is 17.4 Å². The quantitative estimate of drug-likeness (QED) is 0.455. The van der Waals surface area contributed by atoms with Crippen molar-refractivity contribution in [1.29, 1.82) is 0 Å². The van der Waals surface area contributed by atoms with E-state index in [1.54, 1.807) is 0 Å². The molecule has 0 spiro atoms. The predicted molar refractivity (Wildman–Crippen MR) is 80.3 cm³/mol. The highest BCUT2D eigenvalue weighted by atomic mass is 19.4. The second kappa shape index (κ2) is 5.92. The van der Waals surface area contributed by atoms with Gasteiger partial charge in [0.15, 0.2) is 0 Å². The van der Waals surface area contributed by atoms with Crippen molar-refractivity contribution >= 4 is 0 Å². The average Bonchev–Trinajstić information content (AvgIpc) is 2.47. The number of aromatic nitrogens is 3. The Kier molecular flexibility index (Phi) is 4.46. The smallest absolute Gasteiger partial charge is 0.423 e. The van der Waals surface area contributed by atoms with E-state index >= 15 is 0 Å². The molecule has 0 saturated heterocycles. The fourth-order valence-electron chi connectivity index (χ4n) is 2.61. The topological polar surface area (TPSA) is 70.9 Å².